The number of aliphatic hydroxyl groups excluding tert-OH is 1. The van der Waals surface area contributed by atoms with Gasteiger partial charge in [0.1, 0.15) is 4.88 Å². The molecular formula is C27H29F2NO4S. The van der Waals surface area contributed by atoms with Gasteiger partial charge in [-0.15, -0.1) is 17.3 Å². The molecule has 1 fully saturated rings. The molecule has 1 aromatic heterocycles. The highest BCUT2D eigenvalue weighted by atomic mass is 32.1. The van der Waals surface area contributed by atoms with Gasteiger partial charge < -0.3 is 15.1 Å². The number of hydrogen-bond donors (Lipinski definition) is 2. The number of alkyl halides is 2. The Bertz CT molecular complexity index is 1100. The van der Waals surface area contributed by atoms with Crippen LogP contribution >= 0.6 is 11.3 Å². The Kier molecular flexibility index (Phi) is 9.19. The number of carbonyl (C=O) groups excluding carboxylic acids is 1. The van der Waals surface area contributed by atoms with Gasteiger partial charge in [0.25, 0.3) is 5.91 Å². The van der Waals surface area contributed by atoms with E-state index in [0.29, 0.717) is 25.7 Å². The molecule has 8 heteroatoms. The van der Waals surface area contributed by atoms with Crippen LogP contribution in [0.4, 0.5) is 8.78 Å². The number of thiophene rings is 1. The summed E-state index contributed by atoms with van der Waals surface area (Å²) in [5.41, 5.74) is 1.11. The van der Waals surface area contributed by atoms with Crippen molar-refractivity contribution in [2.75, 3.05) is 6.54 Å². The molecule has 186 valence electrons. The number of benzene rings is 1. The smallest absolute Gasteiger partial charge is 0.345 e. The lowest BCUT2D eigenvalue weighted by molar-refractivity contribution is -0.148. The molecule has 0 spiro atoms. The lowest BCUT2D eigenvalue weighted by Gasteiger charge is -2.22. The molecule has 0 saturated carbocycles. The van der Waals surface area contributed by atoms with Gasteiger partial charge in [-0.25, -0.2) is 4.79 Å². The maximum absolute atomic E-state index is 14.1. The largest absolute Gasteiger partial charge is 0.477 e. The van der Waals surface area contributed by atoms with Crippen LogP contribution in [0.15, 0.2) is 54.6 Å². The van der Waals surface area contributed by atoms with Crippen LogP contribution in [0.25, 0.3) is 0 Å². The number of amides is 1. The molecule has 0 bridgehead atoms. The normalized spacial score (nSPS) is 18.9. The standard InChI is InChI=1S/C27H29F2NO4S/c1-19(8-5-6-11-20-9-3-2-4-10-20)23(31)15-13-21-18-27(28,29)26(34)30(21)17-7-12-22-14-16-24(35-22)25(32)33/h2-4,9-10,13-16,19,21,23,31H,7-8,11-12,17-18H2,1H3,(H,32,33)/t19-,21-,23-/m0/s1. The van der Waals surface area contributed by atoms with Crippen molar-refractivity contribution in [1.29, 1.82) is 0 Å². The highest BCUT2D eigenvalue weighted by Crippen LogP contribution is 2.34. The van der Waals surface area contributed by atoms with Crippen LogP contribution in [0, 0.1) is 17.8 Å². The minimum atomic E-state index is -3.44. The third kappa shape index (κ3) is 7.48. The van der Waals surface area contributed by atoms with Gasteiger partial charge in [-0.05, 0) is 36.5 Å². The van der Waals surface area contributed by atoms with Crippen molar-refractivity contribution in [3.8, 4) is 11.8 Å². The van der Waals surface area contributed by atoms with Crippen molar-refractivity contribution in [2.24, 2.45) is 5.92 Å². The quantitative estimate of drug-likeness (QED) is 0.362. The van der Waals surface area contributed by atoms with Crippen LogP contribution in [0.1, 0.15) is 46.3 Å². The lowest BCUT2D eigenvalue weighted by atomic mass is 9.99. The fourth-order valence-electron chi connectivity index (χ4n) is 3.86. The van der Waals surface area contributed by atoms with Gasteiger partial charge in [0.05, 0.1) is 12.1 Å². The third-order valence-electron chi connectivity index (χ3n) is 5.93. The first kappa shape index (κ1) is 26.6. The molecule has 0 radical (unpaired) electrons. The molecule has 1 amide bonds. The van der Waals surface area contributed by atoms with E-state index < -0.39 is 36.4 Å². The Morgan fingerprint density at radius 2 is 2.00 bits per heavy atom. The fourth-order valence-corrected chi connectivity index (χ4v) is 4.75. The summed E-state index contributed by atoms with van der Waals surface area (Å²) >= 11 is 1.14. The molecule has 35 heavy (non-hydrogen) atoms. The topological polar surface area (TPSA) is 77.8 Å². The molecule has 2 aromatic rings. The van der Waals surface area contributed by atoms with E-state index >= 15 is 0 Å². The Morgan fingerprint density at radius 3 is 2.69 bits per heavy atom. The summed E-state index contributed by atoms with van der Waals surface area (Å²) in [6.07, 6.45) is 3.49. The minimum Gasteiger partial charge on any atom is -0.477 e. The second kappa shape index (κ2) is 12.1. The average Bonchev–Trinajstić information content (AvgIpc) is 3.39. The first-order chi connectivity index (χ1) is 16.7. The van der Waals surface area contributed by atoms with Gasteiger partial charge in [-0.2, -0.15) is 8.78 Å². The number of aryl methyl sites for hydroxylation is 1. The molecule has 2 heterocycles. The third-order valence-corrected chi connectivity index (χ3v) is 7.07. The van der Waals surface area contributed by atoms with Crippen LogP contribution in [0.3, 0.4) is 0 Å². The van der Waals surface area contributed by atoms with Crippen LogP contribution < -0.4 is 0 Å². The molecule has 1 saturated heterocycles. The number of hydrogen-bond acceptors (Lipinski definition) is 4. The zero-order valence-corrected chi connectivity index (χ0v) is 20.3. The second-order valence-corrected chi connectivity index (χ2v) is 9.89. The van der Waals surface area contributed by atoms with E-state index in [1.54, 1.807) is 6.07 Å². The summed E-state index contributed by atoms with van der Waals surface area (Å²) in [6.45, 7) is 1.96. The monoisotopic (exact) mass is 501 g/mol. The number of likely N-dealkylation sites (tertiary alicyclic amines) is 1. The zero-order chi connectivity index (χ0) is 25.4. The molecule has 2 N–H and O–H groups in total. The van der Waals surface area contributed by atoms with Crippen LogP contribution in [0.5, 0.6) is 0 Å². The molecule has 0 unspecified atom stereocenters. The summed E-state index contributed by atoms with van der Waals surface area (Å²) < 4.78 is 28.3. The van der Waals surface area contributed by atoms with Crippen molar-refractivity contribution in [3.63, 3.8) is 0 Å². The van der Waals surface area contributed by atoms with E-state index in [4.69, 9.17) is 5.11 Å². The van der Waals surface area contributed by atoms with Crippen molar-refractivity contribution in [1.82, 2.24) is 4.90 Å². The Morgan fingerprint density at radius 1 is 1.26 bits per heavy atom. The van der Waals surface area contributed by atoms with Crippen molar-refractivity contribution < 1.29 is 28.6 Å². The summed E-state index contributed by atoms with van der Waals surface area (Å²) in [5, 5.41) is 19.5. The van der Waals surface area contributed by atoms with E-state index in [2.05, 4.69) is 11.8 Å². The first-order valence-electron chi connectivity index (χ1n) is 11.5. The number of carboxylic acids is 1. The number of carboxylic acid groups (broad SMARTS) is 1. The molecule has 1 aromatic carbocycles. The molecule has 0 aliphatic carbocycles. The summed E-state index contributed by atoms with van der Waals surface area (Å²) in [6, 6.07) is 12.2. The number of rotatable bonds is 10. The SMILES string of the molecule is C[C@@H](CC#CCc1ccccc1)[C@@H](O)C=C[C@H]1CC(F)(F)C(=O)N1CCCc1ccc(C(=O)O)s1. The average molecular weight is 502 g/mol. The van der Waals surface area contributed by atoms with Crippen LogP contribution in [-0.2, 0) is 17.6 Å². The predicted octanol–water partition coefficient (Wildman–Crippen LogP) is 4.80. The number of halogens is 2. The van der Waals surface area contributed by atoms with Gasteiger partial charge in [0.2, 0.25) is 0 Å². The number of aliphatic hydroxyl groups is 1. The highest BCUT2D eigenvalue weighted by molar-refractivity contribution is 7.13. The van der Waals surface area contributed by atoms with Crippen molar-refractivity contribution in [2.45, 2.75) is 57.1 Å². The molecule has 5 nitrogen and oxygen atoms in total. The molecule has 1 aliphatic rings. The lowest BCUT2D eigenvalue weighted by Crippen LogP contribution is -2.36. The second-order valence-electron chi connectivity index (χ2n) is 8.72. The first-order valence-corrected chi connectivity index (χ1v) is 12.4. The summed E-state index contributed by atoms with van der Waals surface area (Å²) in [7, 11) is 0. The van der Waals surface area contributed by atoms with Crippen molar-refractivity contribution in [3.05, 3.63) is 69.9 Å². The molecular weight excluding hydrogens is 472 g/mol. The number of nitrogens with zero attached hydrogens (tertiary/aromatic N) is 1. The fraction of sp³-hybridized carbons (Fsp3) is 0.407. The minimum absolute atomic E-state index is 0.125. The molecule has 3 rings (SSSR count). The predicted molar refractivity (Wildman–Crippen MR) is 132 cm³/mol. The van der Waals surface area contributed by atoms with Gasteiger partial charge in [0.15, 0.2) is 0 Å². The van der Waals surface area contributed by atoms with Gasteiger partial charge in [-0.1, -0.05) is 55.3 Å². The highest BCUT2D eigenvalue weighted by Gasteiger charge is 2.52. The molecule has 1 aliphatic heterocycles. The summed E-state index contributed by atoms with van der Waals surface area (Å²) in [5.74, 6) is 0.301. The number of aromatic carboxylic acids is 1. The Labute approximate surface area is 208 Å². The maximum Gasteiger partial charge on any atom is 0.345 e. The van der Waals surface area contributed by atoms with E-state index in [-0.39, 0.29) is 17.3 Å². The van der Waals surface area contributed by atoms with Crippen LogP contribution in [-0.4, -0.2) is 51.6 Å². The van der Waals surface area contributed by atoms with Crippen LogP contribution in [0.2, 0.25) is 0 Å². The number of carbonyl (C=O) groups is 2. The van der Waals surface area contributed by atoms with E-state index in [0.717, 1.165) is 26.7 Å². The maximum atomic E-state index is 14.1. The van der Waals surface area contributed by atoms with Gasteiger partial charge in [0, 0.05) is 30.7 Å². The van der Waals surface area contributed by atoms with E-state index in [1.165, 1.54) is 18.2 Å². The van der Waals surface area contributed by atoms with E-state index in [9.17, 15) is 23.5 Å². The van der Waals surface area contributed by atoms with Crippen molar-refractivity contribution >= 4 is 23.2 Å². The van der Waals surface area contributed by atoms with Gasteiger partial charge in [-0.3, -0.25) is 4.79 Å². The Hall–Kier alpha value is -3.02. The Balaban J connectivity index is 1.53. The van der Waals surface area contributed by atoms with E-state index in [1.807, 2.05) is 37.3 Å². The summed E-state index contributed by atoms with van der Waals surface area (Å²) in [4.78, 5) is 25.4. The molecule has 3 atom stereocenters. The zero-order valence-electron chi connectivity index (χ0n) is 19.5. The van der Waals surface area contributed by atoms with Gasteiger partial charge >= 0.3 is 11.9 Å².